The first-order valence-corrected chi connectivity index (χ1v) is 9.25. The van der Waals surface area contributed by atoms with E-state index >= 15 is 0 Å². The highest BCUT2D eigenvalue weighted by atomic mass is 79.9. The molecule has 0 rings (SSSR count). The van der Waals surface area contributed by atoms with Gasteiger partial charge in [-0.1, -0.05) is 52.5 Å². The van der Waals surface area contributed by atoms with Gasteiger partial charge < -0.3 is 5.11 Å². The Morgan fingerprint density at radius 2 is 1.74 bits per heavy atom. The minimum Gasteiger partial charge on any atom is -0.378 e. The first-order valence-electron chi connectivity index (χ1n) is 6.97. The van der Waals surface area contributed by atoms with Crippen LogP contribution >= 0.6 is 15.9 Å². The summed E-state index contributed by atoms with van der Waals surface area (Å²) in [7, 11) is -4.55. The van der Waals surface area contributed by atoms with E-state index in [-0.39, 0.29) is 0 Å². The lowest BCUT2D eigenvalue weighted by Gasteiger charge is -2.00. The molecule has 0 unspecified atom stereocenters. The van der Waals surface area contributed by atoms with Crippen molar-refractivity contribution < 1.29 is 22.3 Å². The second-order valence-electron chi connectivity index (χ2n) is 4.33. The number of allylic oxidation sites excluding steroid dienone is 1. The zero-order chi connectivity index (χ0) is 17.4. The van der Waals surface area contributed by atoms with Gasteiger partial charge in [-0.15, -0.1) is 0 Å². The van der Waals surface area contributed by atoms with Gasteiger partial charge in [0.1, 0.15) is 12.7 Å². The summed E-state index contributed by atoms with van der Waals surface area (Å²) in [5.41, 5.74) is 0. The van der Waals surface area contributed by atoms with Crippen molar-refractivity contribution in [2.45, 2.75) is 44.6 Å². The van der Waals surface area contributed by atoms with E-state index in [1.165, 1.54) is 0 Å². The fraction of sp³-hybridized carbons (Fsp3) is 0.500. The molecular formula is C16H19BrO5S. The molecule has 7 heteroatoms. The Kier molecular flexibility index (Phi) is 13.5. The molecule has 0 aliphatic carbocycles. The predicted octanol–water partition coefficient (Wildman–Crippen LogP) is 2.43. The number of unbranched alkanes of at least 4 members (excludes halogenated alkanes) is 5. The lowest BCUT2D eigenvalue weighted by Crippen LogP contribution is -2.16. The monoisotopic (exact) mass is 402 g/mol. The molecule has 0 heterocycles. The Labute approximate surface area is 146 Å². The maximum atomic E-state index is 10.3. The normalized spacial score (nSPS) is 11.6. The second-order valence-corrected chi connectivity index (χ2v) is 5.95. The van der Waals surface area contributed by atoms with Gasteiger partial charge in [-0.2, -0.15) is 8.42 Å². The molecule has 5 nitrogen and oxygen atoms in total. The van der Waals surface area contributed by atoms with E-state index in [1.54, 1.807) is 11.1 Å². The van der Waals surface area contributed by atoms with Gasteiger partial charge in [0.15, 0.2) is 0 Å². The molecule has 0 radical (unpaired) electrons. The van der Waals surface area contributed by atoms with Crippen molar-refractivity contribution in [1.29, 1.82) is 0 Å². The molecule has 0 saturated carbocycles. The van der Waals surface area contributed by atoms with Crippen molar-refractivity contribution in [3.8, 4) is 35.5 Å². The highest BCUT2D eigenvalue weighted by molar-refractivity contribution is 9.11. The van der Waals surface area contributed by atoms with Crippen LogP contribution in [0.5, 0.6) is 0 Å². The van der Waals surface area contributed by atoms with Crippen LogP contribution in [-0.4, -0.2) is 30.8 Å². The van der Waals surface area contributed by atoms with Crippen molar-refractivity contribution in [1.82, 2.24) is 0 Å². The average molecular weight is 403 g/mol. The van der Waals surface area contributed by atoms with Crippen molar-refractivity contribution in [3.63, 3.8) is 0 Å². The molecule has 0 bridgehead atoms. The highest BCUT2D eigenvalue weighted by Crippen LogP contribution is 2.04. The molecule has 0 aromatic heterocycles. The lowest BCUT2D eigenvalue weighted by molar-refractivity contribution is 0.144. The molecule has 0 saturated heterocycles. The first-order chi connectivity index (χ1) is 11.0. The predicted molar refractivity (Wildman–Crippen MR) is 92.6 cm³/mol. The van der Waals surface area contributed by atoms with E-state index in [1.807, 2.05) is 0 Å². The standard InChI is InChI=1S/C16H19BrO5S/c17-14-12-10-8-6-4-2-1-3-5-7-9-11-13-16(18)15-22-23(19,20)21/h12,14,16,18H,1-6,15H2,(H,19,20,21)/b14-12+/t16-/m0/s1. The third kappa shape index (κ3) is 18.7. The smallest absolute Gasteiger partial charge is 0.378 e. The van der Waals surface area contributed by atoms with Crippen LogP contribution in [0.1, 0.15) is 38.5 Å². The lowest BCUT2D eigenvalue weighted by atomic mass is 10.1. The number of halogens is 1. The molecule has 0 aliphatic rings. The number of aliphatic hydroxyl groups is 1. The van der Waals surface area contributed by atoms with E-state index in [9.17, 15) is 13.5 Å². The third-order valence-corrected chi connectivity index (χ3v) is 3.06. The molecule has 1 atom stereocenters. The van der Waals surface area contributed by atoms with Crippen molar-refractivity contribution in [2.75, 3.05) is 6.61 Å². The topological polar surface area (TPSA) is 83.8 Å². The van der Waals surface area contributed by atoms with Crippen molar-refractivity contribution in [2.24, 2.45) is 0 Å². The fourth-order valence-electron chi connectivity index (χ4n) is 1.36. The van der Waals surface area contributed by atoms with Gasteiger partial charge in [0.25, 0.3) is 0 Å². The molecule has 23 heavy (non-hydrogen) atoms. The van der Waals surface area contributed by atoms with Crippen LogP contribution in [0.15, 0.2) is 11.1 Å². The molecule has 126 valence electrons. The summed E-state index contributed by atoms with van der Waals surface area (Å²) < 4.78 is 32.8. The molecular weight excluding hydrogens is 384 g/mol. The number of hydrogen-bond acceptors (Lipinski definition) is 4. The zero-order valence-corrected chi connectivity index (χ0v) is 15.0. The maximum absolute atomic E-state index is 10.3. The summed E-state index contributed by atoms with van der Waals surface area (Å²) in [6, 6.07) is 0. The Hall–Kier alpha value is -1.27. The third-order valence-electron chi connectivity index (χ3n) is 2.37. The van der Waals surface area contributed by atoms with Crippen LogP contribution in [0.25, 0.3) is 0 Å². The van der Waals surface area contributed by atoms with Crippen LogP contribution in [0.3, 0.4) is 0 Å². The van der Waals surface area contributed by atoms with E-state index < -0.39 is 23.1 Å². The van der Waals surface area contributed by atoms with Crippen LogP contribution in [-0.2, 0) is 14.6 Å². The van der Waals surface area contributed by atoms with Crippen LogP contribution in [0, 0.1) is 35.5 Å². The number of aliphatic hydroxyl groups excluding tert-OH is 1. The molecule has 0 spiro atoms. The molecule has 0 aromatic rings. The Morgan fingerprint density at radius 1 is 1.09 bits per heavy atom. The summed E-state index contributed by atoms with van der Waals surface area (Å²) in [5, 5.41) is 9.23. The summed E-state index contributed by atoms with van der Waals surface area (Å²) >= 11 is 3.14. The molecule has 0 aromatic carbocycles. The minimum absolute atomic E-state index is 0.623. The van der Waals surface area contributed by atoms with Crippen LogP contribution in [0.2, 0.25) is 0 Å². The van der Waals surface area contributed by atoms with E-state index in [0.717, 1.165) is 32.1 Å². The summed E-state index contributed by atoms with van der Waals surface area (Å²) in [5.74, 6) is 16.0. The zero-order valence-electron chi connectivity index (χ0n) is 12.6. The minimum atomic E-state index is -4.55. The SMILES string of the molecule is O=S(=O)(O)OC[C@@H](O)C#CC#CCCCCCCC#C/C=C/Br. The van der Waals surface area contributed by atoms with Gasteiger partial charge in [0.05, 0.1) is 0 Å². The number of hydrogen-bond donors (Lipinski definition) is 2. The highest BCUT2D eigenvalue weighted by Gasteiger charge is 2.07. The summed E-state index contributed by atoms with van der Waals surface area (Å²) in [6.07, 6.45) is 6.25. The van der Waals surface area contributed by atoms with Gasteiger partial charge in [0, 0.05) is 12.8 Å². The van der Waals surface area contributed by atoms with Crippen molar-refractivity contribution in [3.05, 3.63) is 11.1 Å². The van der Waals surface area contributed by atoms with Gasteiger partial charge in [-0.3, -0.25) is 4.55 Å². The van der Waals surface area contributed by atoms with E-state index in [0.29, 0.717) is 6.42 Å². The summed E-state index contributed by atoms with van der Waals surface area (Å²) in [4.78, 5) is 1.72. The molecule has 0 aliphatic heterocycles. The van der Waals surface area contributed by atoms with Gasteiger partial charge in [0.2, 0.25) is 0 Å². The first kappa shape index (κ1) is 21.7. The quantitative estimate of drug-likeness (QED) is 0.370. The Balaban J connectivity index is 3.67. The summed E-state index contributed by atoms with van der Waals surface area (Å²) in [6.45, 7) is -0.623. The fourth-order valence-corrected chi connectivity index (χ4v) is 1.79. The van der Waals surface area contributed by atoms with Crippen LogP contribution < -0.4 is 0 Å². The van der Waals surface area contributed by atoms with Crippen LogP contribution in [0.4, 0.5) is 0 Å². The van der Waals surface area contributed by atoms with Crippen molar-refractivity contribution >= 4 is 26.3 Å². The molecule has 0 fully saturated rings. The average Bonchev–Trinajstić information content (AvgIpc) is 2.49. The largest absolute Gasteiger partial charge is 0.397 e. The second kappa shape index (κ2) is 14.3. The molecule has 2 N–H and O–H groups in total. The van der Waals surface area contributed by atoms with Gasteiger partial charge >= 0.3 is 10.4 Å². The van der Waals surface area contributed by atoms with E-state index in [2.05, 4.69) is 55.6 Å². The van der Waals surface area contributed by atoms with Gasteiger partial charge in [-0.05, 0) is 35.7 Å². The number of rotatable bonds is 8. The van der Waals surface area contributed by atoms with E-state index in [4.69, 9.17) is 4.55 Å². The maximum Gasteiger partial charge on any atom is 0.397 e. The Bertz CT molecular complexity index is 635. The Morgan fingerprint density at radius 3 is 2.35 bits per heavy atom. The van der Waals surface area contributed by atoms with Gasteiger partial charge in [-0.25, -0.2) is 4.18 Å². The molecule has 0 amide bonds.